The zero-order chi connectivity index (χ0) is 24.6. The van der Waals surface area contributed by atoms with E-state index in [2.05, 4.69) is 75.9 Å². The smallest absolute Gasteiger partial charge is 0.194 e. The van der Waals surface area contributed by atoms with Crippen LogP contribution in [-0.2, 0) is 0 Å². The minimum Gasteiger partial charge on any atom is -0.289 e. The second-order valence-electron chi connectivity index (χ2n) is 9.30. The summed E-state index contributed by atoms with van der Waals surface area (Å²) in [5.41, 5.74) is 0.0396. The Labute approximate surface area is 236 Å². The molecule has 0 radical (unpaired) electrons. The SMILES string of the molecule is O=c1c2cc(Br)c(Br)cc2c2cc3ccc4c(=O)c5cc(Br)c(Br)cc5c5cc6ccc1c2c6c3c45. The van der Waals surface area contributed by atoms with E-state index >= 15 is 0 Å². The Balaban J connectivity index is 1.74. The van der Waals surface area contributed by atoms with Crippen LogP contribution in [0.2, 0.25) is 0 Å². The Morgan fingerprint density at radius 1 is 0.361 bits per heavy atom. The molecule has 0 fully saturated rings. The fraction of sp³-hybridized carbons (Fsp3) is 0. The fourth-order valence-electron chi connectivity index (χ4n) is 6.04. The first-order valence-electron chi connectivity index (χ1n) is 11.2. The van der Waals surface area contributed by atoms with Crippen LogP contribution in [0.5, 0.6) is 0 Å². The Kier molecular flexibility index (Phi) is 4.30. The van der Waals surface area contributed by atoms with E-state index in [9.17, 15) is 9.59 Å². The van der Waals surface area contributed by atoms with Crippen LogP contribution in [0.15, 0.2) is 88.1 Å². The van der Waals surface area contributed by atoms with Crippen molar-refractivity contribution in [2.45, 2.75) is 0 Å². The molecule has 8 rings (SSSR count). The first kappa shape index (κ1) is 21.7. The van der Waals surface area contributed by atoms with Gasteiger partial charge in [-0.15, -0.1) is 0 Å². The van der Waals surface area contributed by atoms with Gasteiger partial charge in [-0.3, -0.25) is 9.59 Å². The van der Waals surface area contributed by atoms with Crippen LogP contribution in [0.4, 0.5) is 0 Å². The molecule has 0 amide bonds. The van der Waals surface area contributed by atoms with Gasteiger partial charge in [-0.25, -0.2) is 0 Å². The van der Waals surface area contributed by atoms with E-state index in [1.54, 1.807) is 0 Å². The van der Waals surface area contributed by atoms with Crippen molar-refractivity contribution in [2.75, 3.05) is 0 Å². The monoisotopic (exact) mass is 718 g/mol. The van der Waals surface area contributed by atoms with Gasteiger partial charge < -0.3 is 0 Å². The molecular weight excluding hydrogens is 712 g/mol. The molecular formula is C30H10Br4O2. The molecule has 0 saturated carbocycles. The summed E-state index contributed by atoms with van der Waals surface area (Å²) in [6.45, 7) is 0. The minimum absolute atomic E-state index is 0.0198. The highest BCUT2D eigenvalue weighted by Crippen LogP contribution is 2.46. The molecule has 0 heterocycles. The first-order chi connectivity index (χ1) is 17.3. The third-order valence-corrected chi connectivity index (χ3v) is 11.2. The van der Waals surface area contributed by atoms with Crippen molar-refractivity contribution in [2.24, 2.45) is 0 Å². The second kappa shape index (κ2) is 7.13. The molecule has 0 aromatic heterocycles. The molecule has 0 spiro atoms. The molecule has 0 unspecified atom stereocenters. The summed E-state index contributed by atoms with van der Waals surface area (Å²) >= 11 is 14.4. The summed E-state index contributed by atoms with van der Waals surface area (Å²) in [4.78, 5) is 27.4. The van der Waals surface area contributed by atoms with Crippen molar-refractivity contribution in [3.05, 3.63) is 99.0 Å². The maximum atomic E-state index is 13.7. The van der Waals surface area contributed by atoms with Crippen LogP contribution in [0.25, 0.3) is 75.4 Å². The molecule has 170 valence electrons. The molecule has 0 saturated heterocycles. The molecule has 0 aliphatic carbocycles. The summed E-state index contributed by atoms with van der Waals surface area (Å²) in [6.07, 6.45) is 0. The number of benzene rings is 8. The molecule has 0 bridgehead atoms. The van der Waals surface area contributed by atoms with Crippen LogP contribution >= 0.6 is 63.7 Å². The highest BCUT2D eigenvalue weighted by atomic mass is 79.9. The lowest BCUT2D eigenvalue weighted by Gasteiger charge is -2.19. The van der Waals surface area contributed by atoms with E-state index in [4.69, 9.17) is 0 Å². The molecule has 8 aromatic carbocycles. The first-order valence-corrected chi connectivity index (χ1v) is 14.4. The van der Waals surface area contributed by atoms with Gasteiger partial charge in [0.1, 0.15) is 0 Å². The lowest BCUT2D eigenvalue weighted by molar-refractivity contribution is 1.64. The van der Waals surface area contributed by atoms with Crippen LogP contribution in [0.3, 0.4) is 0 Å². The van der Waals surface area contributed by atoms with Crippen LogP contribution < -0.4 is 10.9 Å². The highest BCUT2D eigenvalue weighted by molar-refractivity contribution is 9.13. The molecule has 8 aromatic rings. The number of hydrogen-bond acceptors (Lipinski definition) is 2. The van der Waals surface area contributed by atoms with Gasteiger partial charge in [0, 0.05) is 50.2 Å². The van der Waals surface area contributed by atoms with Crippen LogP contribution in [0.1, 0.15) is 0 Å². The second-order valence-corrected chi connectivity index (χ2v) is 12.7. The van der Waals surface area contributed by atoms with Crippen molar-refractivity contribution in [1.82, 2.24) is 0 Å². The predicted octanol–water partition coefficient (Wildman–Crippen LogP) is 9.84. The summed E-state index contributed by atoms with van der Waals surface area (Å²) < 4.78 is 3.51. The summed E-state index contributed by atoms with van der Waals surface area (Å²) in [5, 5.41) is 12.9. The molecule has 2 nitrogen and oxygen atoms in total. The van der Waals surface area contributed by atoms with Gasteiger partial charge in [-0.1, -0.05) is 12.1 Å². The van der Waals surface area contributed by atoms with E-state index in [1.807, 2.05) is 48.5 Å². The minimum atomic E-state index is 0.0198. The number of fused-ring (bicyclic) bond motifs is 4. The predicted molar refractivity (Wildman–Crippen MR) is 166 cm³/mol. The van der Waals surface area contributed by atoms with E-state index in [0.29, 0.717) is 21.5 Å². The molecule has 0 atom stereocenters. The Bertz CT molecular complexity index is 2230. The maximum Gasteiger partial charge on any atom is 0.194 e. The normalized spacial score (nSPS) is 12.7. The summed E-state index contributed by atoms with van der Waals surface area (Å²) in [6, 6.07) is 20.2. The van der Waals surface area contributed by atoms with Gasteiger partial charge in [-0.2, -0.15) is 0 Å². The van der Waals surface area contributed by atoms with Crippen molar-refractivity contribution >= 4 is 139 Å². The van der Waals surface area contributed by atoms with Gasteiger partial charge in [-0.05, 0) is 155 Å². The molecule has 0 aliphatic heterocycles. The van der Waals surface area contributed by atoms with E-state index in [-0.39, 0.29) is 10.9 Å². The molecule has 6 heteroatoms. The maximum absolute atomic E-state index is 13.7. The zero-order valence-electron chi connectivity index (χ0n) is 18.1. The quantitative estimate of drug-likeness (QED) is 0.115. The Hall–Kier alpha value is -2.38. The average molecular weight is 722 g/mol. The van der Waals surface area contributed by atoms with Crippen molar-refractivity contribution in [3.8, 4) is 0 Å². The van der Waals surface area contributed by atoms with Crippen molar-refractivity contribution in [1.29, 1.82) is 0 Å². The zero-order valence-corrected chi connectivity index (χ0v) is 24.4. The van der Waals surface area contributed by atoms with Crippen LogP contribution in [0, 0.1) is 0 Å². The highest BCUT2D eigenvalue weighted by Gasteiger charge is 2.22. The molecule has 36 heavy (non-hydrogen) atoms. The van der Waals surface area contributed by atoms with Gasteiger partial charge in [0.15, 0.2) is 10.9 Å². The lowest BCUT2D eigenvalue weighted by Crippen LogP contribution is -2.06. The topological polar surface area (TPSA) is 34.1 Å². The standard InChI is InChI=1S/C30H10Br4O2/c31-21-7-15-17-5-11-1-3-13-27-18(16-8-22(32)23(33)9-19(16)29(13)35)6-12-2-4-14(28(17)26(12)25(11)27)30(36)20(15)10-24(21)34/h1-10H. The number of halogens is 4. The van der Waals surface area contributed by atoms with Gasteiger partial charge in [0.25, 0.3) is 0 Å². The summed E-state index contributed by atoms with van der Waals surface area (Å²) in [7, 11) is 0. The largest absolute Gasteiger partial charge is 0.289 e. The fourth-order valence-corrected chi connectivity index (χ4v) is 7.41. The van der Waals surface area contributed by atoms with E-state index in [1.165, 1.54) is 0 Å². The lowest BCUT2D eigenvalue weighted by atomic mass is 9.84. The summed E-state index contributed by atoms with van der Waals surface area (Å²) in [5.74, 6) is 0. The molecule has 0 N–H and O–H groups in total. The molecule has 0 aliphatic rings. The Morgan fingerprint density at radius 3 is 1.11 bits per heavy atom. The average Bonchev–Trinajstić information content (AvgIpc) is 2.87. The van der Waals surface area contributed by atoms with Gasteiger partial charge >= 0.3 is 0 Å². The van der Waals surface area contributed by atoms with E-state index < -0.39 is 0 Å². The van der Waals surface area contributed by atoms with Gasteiger partial charge in [0.05, 0.1) is 0 Å². The van der Waals surface area contributed by atoms with Crippen molar-refractivity contribution in [3.63, 3.8) is 0 Å². The third-order valence-electron chi connectivity index (χ3n) is 7.54. The number of hydrogen-bond donors (Lipinski definition) is 0. The van der Waals surface area contributed by atoms with Crippen molar-refractivity contribution < 1.29 is 0 Å². The number of rotatable bonds is 0. The van der Waals surface area contributed by atoms with Crippen LogP contribution in [-0.4, -0.2) is 0 Å². The third kappa shape index (κ3) is 2.56. The van der Waals surface area contributed by atoms with E-state index in [0.717, 1.165) is 71.8 Å². The Morgan fingerprint density at radius 2 is 0.722 bits per heavy atom. The van der Waals surface area contributed by atoms with Gasteiger partial charge in [0.2, 0.25) is 0 Å².